The quantitative estimate of drug-likeness (QED) is 0.520. The SMILES string of the molecule is Cc1ccc(SC2=C(Nc3ccc(C)c(C)c3)C(=O)N(Cc3ccccc3)C2=O)cc1. The number of hydrogen-bond donors (Lipinski definition) is 1. The summed E-state index contributed by atoms with van der Waals surface area (Å²) in [6.45, 7) is 6.34. The fraction of sp³-hybridized carbons (Fsp3) is 0.154. The molecule has 0 atom stereocenters. The Bertz CT molecular complexity index is 1170. The zero-order valence-electron chi connectivity index (χ0n) is 17.8. The maximum absolute atomic E-state index is 13.3. The number of anilines is 1. The smallest absolute Gasteiger partial charge is 0.278 e. The molecule has 4 nitrogen and oxygen atoms in total. The van der Waals surface area contributed by atoms with E-state index in [0.29, 0.717) is 10.6 Å². The summed E-state index contributed by atoms with van der Waals surface area (Å²) in [6, 6.07) is 23.4. The van der Waals surface area contributed by atoms with Crippen LogP contribution in [-0.4, -0.2) is 16.7 Å². The highest BCUT2D eigenvalue weighted by molar-refractivity contribution is 8.04. The predicted molar refractivity (Wildman–Crippen MR) is 126 cm³/mol. The van der Waals surface area contributed by atoms with Gasteiger partial charge in [0, 0.05) is 10.6 Å². The van der Waals surface area contributed by atoms with Gasteiger partial charge in [0.1, 0.15) is 10.6 Å². The molecular formula is C26H24N2O2S. The Balaban J connectivity index is 1.68. The number of thioether (sulfide) groups is 1. The molecule has 0 saturated heterocycles. The summed E-state index contributed by atoms with van der Waals surface area (Å²) < 4.78 is 0. The van der Waals surface area contributed by atoms with E-state index in [1.54, 1.807) is 0 Å². The Morgan fingerprint density at radius 3 is 2.19 bits per heavy atom. The standard InChI is InChI=1S/C26H24N2O2S/c1-17-9-13-22(14-10-17)31-24-23(27-21-12-11-18(2)19(3)15-21)25(29)28(26(24)30)16-20-7-5-4-6-8-20/h4-15,27H,16H2,1-3H3. The van der Waals surface area contributed by atoms with Crippen molar-refractivity contribution in [2.75, 3.05) is 5.32 Å². The van der Waals surface area contributed by atoms with Crippen LogP contribution in [0.25, 0.3) is 0 Å². The van der Waals surface area contributed by atoms with Crippen molar-refractivity contribution in [2.24, 2.45) is 0 Å². The topological polar surface area (TPSA) is 49.4 Å². The summed E-state index contributed by atoms with van der Waals surface area (Å²) in [5.41, 5.74) is 5.48. The highest BCUT2D eigenvalue weighted by Crippen LogP contribution is 2.36. The van der Waals surface area contributed by atoms with Crippen LogP contribution in [-0.2, 0) is 16.1 Å². The van der Waals surface area contributed by atoms with Crippen molar-refractivity contribution in [3.63, 3.8) is 0 Å². The molecule has 156 valence electrons. The van der Waals surface area contributed by atoms with Gasteiger partial charge in [-0.05, 0) is 61.7 Å². The Kier molecular flexibility index (Phi) is 5.96. The molecule has 1 heterocycles. The second-order valence-corrected chi connectivity index (χ2v) is 8.81. The number of amides is 2. The van der Waals surface area contributed by atoms with Crippen LogP contribution in [0.15, 0.2) is 88.3 Å². The number of hydrogen-bond acceptors (Lipinski definition) is 4. The highest BCUT2D eigenvalue weighted by Gasteiger charge is 2.39. The largest absolute Gasteiger partial charge is 0.350 e. The molecule has 1 aliphatic rings. The molecule has 4 rings (SSSR count). The molecule has 0 bridgehead atoms. The van der Waals surface area contributed by atoms with Crippen molar-refractivity contribution in [1.82, 2.24) is 4.90 Å². The third kappa shape index (κ3) is 4.57. The normalized spacial score (nSPS) is 13.8. The molecule has 2 amide bonds. The van der Waals surface area contributed by atoms with E-state index < -0.39 is 0 Å². The van der Waals surface area contributed by atoms with Crippen molar-refractivity contribution in [1.29, 1.82) is 0 Å². The molecule has 3 aromatic rings. The number of nitrogens with zero attached hydrogens (tertiary/aromatic N) is 1. The number of carbonyl (C=O) groups excluding carboxylic acids is 2. The van der Waals surface area contributed by atoms with Crippen molar-refractivity contribution in [2.45, 2.75) is 32.2 Å². The Hall–Kier alpha value is -3.31. The van der Waals surface area contributed by atoms with Gasteiger partial charge in [-0.1, -0.05) is 65.9 Å². The molecule has 0 saturated carbocycles. The van der Waals surface area contributed by atoms with Gasteiger partial charge in [-0.3, -0.25) is 14.5 Å². The van der Waals surface area contributed by atoms with Crippen molar-refractivity contribution in [3.8, 4) is 0 Å². The average molecular weight is 429 g/mol. The molecule has 0 unspecified atom stereocenters. The number of aryl methyl sites for hydroxylation is 3. The number of nitrogens with one attached hydrogen (secondary N) is 1. The fourth-order valence-electron chi connectivity index (χ4n) is 3.36. The molecule has 0 fully saturated rings. The molecule has 3 aromatic carbocycles. The molecule has 0 spiro atoms. The molecule has 0 radical (unpaired) electrons. The predicted octanol–water partition coefficient (Wildman–Crippen LogP) is 5.60. The maximum atomic E-state index is 13.3. The van der Waals surface area contributed by atoms with Gasteiger partial charge >= 0.3 is 0 Å². The molecule has 0 aliphatic carbocycles. The van der Waals surface area contributed by atoms with Gasteiger partial charge in [-0.15, -0.1) is 0 Å². The number of carbonyl (C=O) groups is 2. The lowest BCUT2D eigenvalue weighted by Crippen LogP contribution is -2.31. The van der Waals surface area contributed by atoms with Gasteiger partial charge in [0.2, 0.25) is 0 Å². The van der Waals surface area contributed by atoms with Gasteiger partial charge in [0.25, 0.3) is 11.8 Å². The van der Waals surface area contributed by atoms with E-state index in [-0.39, 0.29) is 18.4 Å². The first kappa shape index (κ1) is 20.9. The first-order valence-electron chi connectivity index (χ1n) is 10.2. The van der Waals surface area contributed by atoms with Gasteiger partial charge < -0.3 is 5.32 Å². The molecule has 1 N–H and O–H groups in total. The van der Waals surface area contributed by atoms with Crippen molar-refractivity contribution in [3.05, 3.63) is 106 Å². The Morgan fingerprint density at radius 2 is 1.52 bits per heavy atom. The minimum absolute atomic E-state index is 0.245. The van der Waals surface area contributed by atoms with E-state index in [1.807, 2.05) is 93.6 Å². The van der Waals surface area contributed by atoms with Gasteiger partial charge in [0.05, 0.1) is 6.54 Å². The monoisotopic (exact) mass is 428 g/mol. The summed E-state index contributed by atoms with van der Waals surface area (Å²) in [4.78, 5) is 29.3. The molecule has 1 aliphatic heterocycles. The number of benzene rings is 3. The molecule has 5 heteroatoms. The average Bonchev–Trinajstić information content (AvgIpc) is 2.97. The van der Waals surface area contributed by atoms with E-state index in [4.69, 9.17) is 0 Å². The van der Waals surface area contributed by atoms with E-state index in [2.05, 4.69) is 5.32 Å². The lowest BCUT2D eigenvalue weighted by Gasteiger charge is -2.15. The van der Waals surface area contributed by atoms with Gasteiger partial charge in [0.15, 0.2) is 0 Å². The lowest BCUT2D eigenvalue weighted by molar-refractivity contribution is -0.137. The molecule has 31 heavy (non-hydrogen) atoms. The van der Waals surface area contributed by atoms with Crippen molar-refractivity contribution >= 4 is 29.3 Å². The summed E-state index contributed by atoms with van der Waals surface area (Å²) in [6.07, 6.45) is 0. The second-order valence-electron chi connectivity index (χ2n) is 7.73. The fourth-order valence-corrected chi connectivity index (χ4v) is 4.30. The summed E-state index contributed by atoms with van der Waals surface area (Å²) in [5, 5.41) is 3.23. The van der Waals surface area contributed by atoms with E-state index in [0.717, 1.165) is 27.3 Å². The van der Waals surface area contributed by atoms with Crippen LogP contribution in [0.4, 0.5) is 5.69 Å². The van der Waals surface area contributed by atoms with Crippen LogP contribution < -0.4 is 5.32 Å². The zero-order chi connectivity index (χ0) is 22.0. The first-order chi connectivity index (χ1) is 14.9. The van der Waals surface area contributed by atoms with Crippen LogP contribution >= 0.6 is 11.8 Å². The van der Waals surface area contributed by atoms with Crippen LogP contribution in [0.3, 0.4) is 0 Å². The van der Waals surface area contributed by atoms with Gasteiger partial charge in [-0.2, -0.15) is 0 Å². The zero-order valence-corrected chi connectivity index (χ0v) is 18.6. The van der Waals surface area contributed by atoms with E-state index in [9.17, 15) is 9.59 Å². The van der Waals surface area contributed by atoms with Crippen LogP contribution in [0, 0.1) is 20.8 Å². The van der Waals surface area contributed by atoms with Crippen LogP contribution in [0.1, 0.15) is 22.3 Å². The lowest BCUT2D eigenvalue weighted by atomic mass is 10.1. The highest BCUT2D eigenvalue weighted by atomic mass is 32.2. The first-order valence-corrected chi connectivity index (χ1v) is 11.0. The van der Waals surface area contributed by atoms with E-state index >= 15 is 0 Å². The Labute approximate surface area is 187 Å². The number of imide groups is 1. The van der Waals surface area contributed by atoms with E-state index in [1.165, 1.54) is 22.2 Å². The van der Waals surface area contributed by atoms with Gasteiger partial charge in [-0.25, -0.2) is 0 Å². The summed E-state index contributed by atoms with van der Waals surface area (Å²) in [5.74, 6) is -0.576. The summed E-state index contributed by atoms with van der Waals surface area (Å²) in [7, 11) is 0. The van der Waals surface area contributed by atoms with Crippen LogP contribution in [0.5, 0.6) is 0 Å². The summed E-state index contributed by atoms with van der Waals surface area (Å²) >= 11 is 1.33. The minimum Gasteiger partial charge on any atom is -0.350 e. The Morgan fingerprint density at radius 1 is 0.806 bits per heavy atom. The second kappa shape index (κ2) is 8.82. The molecule has 0 aromatic heterocycles. The maximum Gasteiger partial charge on any atom is 0.278 e. The third-order valence-electron chi connectivity index (χ3n) is 5.33. The number of rotatable bonds is 6. The van der Waals surface area contributed by atoms with Crippen molar-refractivity contribution < 1.29 is 9.59 Å². The van der Waals surface area contributed by atoms with Crippen LogP contribution in [0.2, 0.25) is 0 Å². The minimum atomic E-state index is -0.304. The third-order valence-corrected chi connectivity index (χ3v) is 6.42. The molecular weight excluding hydrogens is 404 g/mol.